The van der Waals surface area contributed by atoms with Gasteiger partial charge in [0.25, 0.3) is 0 Å². The summed E-state index contributed by atoms with van der Waals surface area (Å²) in [5.74, 6) is 2.52. The van der Waals surface area contributed by atoms with E-state index in [0.717, 1.165) is 43.8 Å². The Kier molecular flexibility index (Phi) is 6.06. The third-order valence-corrected chi connectivity index (χ3v) is 5.69. The molecular weight excluding hydrogens is 336 g/mol. The van der Waals surface area contributed by atoms with Gasteiger partial charge >= 0.3 is 0 Å². The minimum atomic E-state index is 0.137. The monoisotopic (exact) mass is 374 g/mol. The Bertz CT molecular complexity index is 599. The molecule has 1 aliphatic carbocycles. The molecule has 1 N–H and O–H groups in total. The van der Waals surface area contributed by atoms with Crippen molar-refractivity contribution in [1.82, 2.24) is 25.2 Å². The lowest BCUT2D eigenvalue weighted by atomic mass is 9.91. The Labute approximate surface area is 165 Å². The molecule has 0 atom stereocenters. The second-order valence-electron chi connectivity index (χ2n) is 9.82. The molecule has 0 unspecified atom stereocenters. The van der Waals surface area contributed by atoms with Crippen LogP contribution in [0.3, 0.4) is 0 Å². The molecule has 152 valence electrons. The third kappa shape index (κ3) is 5.61. The van der Waals surface area contributed by atoms with Gasteiger partial charge in [-0.3, -0.25) is 4.90 Å². The molecule has 2 fully saturated rings. The fraction of sp³-hybridized carbons (Fsp3) is 0.857. The van der Waals surface area contributed by atoms with Gasteiger partial charge in [-0.2, -0.15) is 9.97 Å². The number of anilines is 1. The molecular formula is C21H38N6. The molecule has 0 aromatic carbocycles. The van der Waals surface area contributed by atoms with Crippen molar-refractivity contribution in [2.24, 2.45) is 0 Å². The van der Waals surface area contributed by atoms with E-state index >= 15 is 0 Å². The molecule has 2 aliphatic rings. The number of hydrogen-bond acceptors (Lipinski definition) is 6. The quantitative estimate of drug-likeness (QED) is 0.855. The minimum absolute atomic E-state index is 0.137. The van der Waals surface area contributed by atoms with Gasteiger partial charge in [0, 0.05) is 43.3 Å². The lowest BCUT2D eigenvalue weighted by Crippen LogP contribution is -2.67. The minimum Gasteiger partial charge on any atom is -0.336 e. The number of aryl methyl sites for hydroxylation is 2. The number of hydrogen-bond donors (Lipinski definition) is 1. The summed E-state index contributed by atoms with van der Waals surface area (Å²) in [5, 5.41) is 3.77. The fourth-order valence-electron chi connectivity index (χ4n) is 5.14. The lowest BCUT2D eigenvalue weighted by molar-refractivity contribution is 0.0796. The Hall–Kier alpha value is -1.27. The van der Waals surface area contributed by atoms with Crippen molar-refractivity contribution < 1.29 is 0 Å². The number of nitrogens with one attached hydrogen (secondary N) is 1. The van der Waals surface area contributed by atoms with Gasteiger partial charge in [0.15, 0.2) is 0 Å². The fourth-order valence-corrected chi connectivity index (χ4v) is 5.14. The molecule has 6 nitrogen and oxygen atoms in total. The molecule has 2 heterocycles. The van der Waals surface area contributed by atoms with Crippen molar-refractivity contribution in [2.75, 3.05) is 31.1 Å². The molecule has 1 saturated carbocycles. The molecule has 0 spiro atoms. The predicted molar refractivity (Wildman–Crippen MR) is 111 cm³/mol. The number of nitrogens with zero attached hydrogens (tertiary/aromatic N) is 5. The van der Waals surface area contributed by atoms with Gasteiger partial charge in [0.1, 0.15) is 11.6 Å². The average molecular weight is 375 g/mol. The smallest absolute Gasteiger partial charge is 0.229 e. The van der Waals surface area contributed by atoms with E-state index in [1.165, 1.54) is 32.1 Å². The van der Waals surface area contributed by atoms with Crippen LogP contribution in [0.1, 0.15) is 71.4 Å². The summed E-state index contributed by atoms with van der Waals surface area (Å²) in [5.41, 5.74) is 0.273. The van der Waals surface area contributed by atoms with Crippen molar-refractivity contribution in [3.63, 3.8) is 0 Å². The van der Waals surface area contributed by atoms with Crippen LogP contribution in [-0.2, 0) is 0 Å². The number of rotatable bonds is 5. The lowest BCUT2D eigenvalue weighted by Gasteiger charge is -2.49. The van der Waals surface area contributed by atoms with Crippen LogP contribution in [0.25, 0.3) is 0 Å². The second kappa shape index (κ2) is 8.00. The molecule has 1 aromatic rings. The van der Waals surface area contributed by atoms with Crippen LogP contribution >= 0.6 is 0 Å². The van der Waals surface area contributed by atoms with Gasteiger partial charge in [-0.05, 0) is 54.4 Å². The van der Waals surface area contributed by atoms with Gasteiger partial charge in [0.2, 0.25) is 5.95 Å². The summed E-state index contributed by atoms with van der Waals surface area (Å²) in [6, 6.07) is 0.559. The molecule has 27 heavy (non-hydrogen) atoms. The molecule has 3 rings (SSSR count). The zero-order chi connectivity index (χ0) is 19.7. The highest BCUT2D eigenvalue weighted by molar-refractivity contribution is 5.32. The zero-order valence-electron chi connectivity index (χ0n) is 18.2. The average Bonchev–Trinajstić information content (AvgIpc) is 2.52. The van der Waals surface area contributed by atoms with Gasteiger partial charge in [-0.1, -0.05) is 19.3 Å². The van der Waals surface area contributed by atoms with E-state index < -0.39 is 0 Å². The van der Waals surface area contributed by atoms with Gasteiger partial charge in [0.05, 0.1) is 0 Å². The number of aromatic nitrogens is 3. The topological polar surface area (TPSA) is 57.2 Å². The Morgan fingerprint density at radius 2 is 1.48 bits per heavy atom. The maximum Gasteiger partial charge on any atom is 0.229 e. The van der Waals surface area contributed by atoms with Gasteiger partial charge in [-0.15, -0.1) is 0 Å². The third-order valence-electron chi connectivity index (χ3n) is 5.69. The zero-order valence-corrected chi connectivity index (χ0v) is 18.2. The first kappa shape index (κ1) is 20.5. The van der Waals surface area contributed by atoms with Crippen LogP contribution in [0, 0.1) is 13.8 Å². The summed E-state index contributed by atoms with van der Waals surface area (Å²) in [4.78, 5) is 18.9. The Morgan fingerprint density at radius 1 is 0.926 bits per heavy atom. The van der Waals surface area contributed by atoms with Crippen LogP contribution in [-0.4, -0.2) is 63.2 Å². The van der Waals surface area contributed by atoms with Crippen molar-refractivity contribution in [3.05, 3.63) is 11.6 Å². The standard InChI is InChI=1S/C21H38N6/c1-16-22-17(2)24-19(23-16)27(18-10-8-7-9-11-18)13-12-26-14-20(3,4)25-21(5,6)15-26/h18,25H,7-15H2,1-6H3. The predicted octanol–water partition coefficient (Wildman–Crippen LogP) is 3.09. The highest BCUT2D eigenvalue weighted by Crippen LogP contribution is 2.26. The SMILES string of the molecule is Cc1nc(C)nc(N(CCN2CC(C)(C)NC(C)(C)C2)C2CCCCC2)n1. The van der Waals surface area contributed by atoms with Crippen LogP contribution in [0.5, 0.6) is 0 Å². The molecule has 1 saturated heterocycles. The second-order valence-corrected chi connectivity index (χ2v) is 9.82. The van der Waals surface area contributed by atoms with E-state index in [2.05, 4.69) is 47.8 Å². The van der Waals surface area contributed by atoms with Crippen molar-refractivity contribution in [1.29, 1.82) is 0 Å². The highest BCUT2D eigenvalue weighted by Gasteiger charge is 2.36. The van der Waals surface area contributed by atoms with E-state index in [4.69, 9.17) is 9.97 Å². The van der Waals surface area contributed by atoms with Crippen molar-refractivity contribution in [2.45, 2.75) is 90.8 Å². The molecule has 0 amide bonds. The molecule has 1 aliphatic heterocycles. The van der Waals surface area contributed by atoms with E-state index in [1.54, 1.807) is 0 Å². The van der Waals surface area contributed by atoms with Crippen LogP contribution in [0.2, 0.25) is 0 Å². The number of piperazine rings is 1. The van der Waals surface area contributed by atoms with Crippen LogP contribution in [0.4, 0.5) is 5.95 Å². The summed E-state index contributed by atoms with van der Waals surface area (Å²) in [7, 11) is 0. The van der Waals surface area contributed by atoms with Gasteiger partial charge < -0.3 is 10.2 Å². The van der Waals surface area contributed by atoms with Crippen LogP contribution < -0.4 is 10.2 Å². The summed E-state index contributed by atoms with van der Waals surface area (Å²) in [6.07, 6.45) is 6.50. The van der Waals surface area contributed by atoms with E-state index in [0.29, 0.717) is 6.04 Å². The Morgan fingerprint density at radius 3 is 2.04 bits per heavy atom. The van der Waals surface area contributed by atoms with E-state index in [-0.39, 0.29) is 11.1 Å². The molecule has 0 radical (unpaired) electrons. The van der Waals surface area contributed by atoms with Crippen molar-refractivity contribution in [3.8, 4) is 0 Å². The molecule has 6 heteroatoms. The summed E-state index contributed by atoms with van der Waals surface area (Å²) >= 11 is 0. The summed E-state index contributed by atoms with van der Waals surface area (Å²) < 4.78 is 0. The normalized spacial score (nSPS) is 23.3. The van der Waals surface area contributed by atoms with Crippen molar-refractivity contribution >= 4 is 5.95 Å². The van der Waals surface area contributed by atoms with Gasteiger partial charge in [-0.25, -0.2) is 4.98 Å². The van der Waals surface area contributed by atoms with E-state index in [1.807, 2.05) is 13.8 Å². The largest absolute Gasteiger partial charge is 0.336 e. The maximum absolute atomic E-state index is 4.70. The molecule has 1 aromatic heterocycles. The molecule has 0 bridgehead atoms. The Balaban J connectivity index is 1.75. The first-order chi connectivity index (χ1) is 12.6. The van der Waals surface area contributed by atoms with E-state index in [9.17, 15) is 0 Å². The van der Waals surface area contributed by atoms with Crippen LogP contribution in [0.15, 0.2) is 0 Å². The maximum atomic E-state index is 4.70. The first-order valence-corrected chi connectivity index (χ1v) is 10.6. The first-order valence-electron chi connectivity index (χ1n) is 10.6. The summed E-state index contributed by atoms with van der Waals surface area (Å²) in [6.45, 7) is 17.3. The highest BCUT2D eigenvalue weighted by atomic mass is 15.3.